The zero-order chi connectivity index (χ0) is 13.7. The van der Waals surface area contributed by atoms with Gasteiger partial charge >= 0.3 is 5.97 Å². The van der Waals surface area contributed by atoms with Crippen LogP contribution in [-0.2, 0) is 4.79 Å². The first-order chi connectivity index (χ1) is 8.22. The molecular weight excluding hydrogens is 226 g/mol. The number of nitrogens with two attached hydrogens (primary N) is 1. The van der Waals surface area contributed by atoms with Gasteiger partial charge in [0.1, 0.15) is 0 Å². The van der Waals surface area contributed by atoms with Crippen LogP contribution >= 0.6 is 0 Å². The van der Waals surface area contributed by atoms with E-state index < -0.39 is 5.97 Å². The molecule has 0 aromatic heterocycles. The Bertz CT molecular complexity index is 394. The lowest BCUT2D eigenvalue weighted by Crippen LogP contribution is -2.59. The second kappa shape index (κ2) is 4.09. The molecule has 4 atom stereocenters. The van der Waals surface area contributed by atoms with Gasteiger partial charge in [0, 0.05) is 5.41 Å². The van der Waals surface area contributed by atoms with Crippen LogP contribution in [0.1, 0.15) is 40.5 Å². The fourth-order valence-electron chi connectivity index (χ4n) is 4.48. The van der Waals surface area contributed by atoms with Crippen LogP contribution in [0.3, 0.4) is 0 Å². The van der Waals surface area contributed by atoms with E-state index in [0.717, 1.165) is 12.8 Å². The van der Waals surface area contributed by atoms with E-state index in [1.807, 2.05) is 20.8 Å². The maximum Gasteiger partial charge on any atom is 0.307 e. The number of carboxylic acids is 1. The predicted molar refractivity (Wildman–Crippen MR) is 72.0 cm³/mol. The van der Waals surface area contributed by atoms with Gasteiger partial charge in [0.15, 0.2) is 0 Å². The second-order valence-electron chi connectivity index (χ2n) is 7.28. The van der Waals surface area contributed by atoms with Gasteiger partial charge in [-0.25, -0.2) is 0 Å². The van der Waals surface area contributed by atoms with Crippen molar-refractivity contribution in [2.45, 2.75) is 40.5 Å². The van der Waals surface area contributed by atoms with E-state index >= 15 is 0 Å². The van der Waals surface area contributed by atoms with E-state index in [9.17, 15) is 9.90 Å². The number of hydrogen-bond donors (Lipinski definition) is 2. The molecule has 1 fully saturated rings. The second-order valence-corrected chi connectivity index (χ2v) is 7.28. The van der Waals surface area contributed by atoms with Gasteiger partial charge in [-0.05, 0) is 43.6 Å². The Labute approximate surface area is 109 Å². The van der Waals surface area contributed by atoms with Crippen molar-refractivity contribution in [3.8, 4) is 0 Å². The molecule has 4 unspecified atom stereocenters. The number of rotatable bonds is 3. The summed E-state index contributed by atoms with van der Waals surface area (Å²) < 4.78 is 0. The van der Waals surface area contributed by atoms with Gasteiger partial charge in [0.05, 0.1) is 5.92 Å². The van der Waals surface area contributed by atoms with Crippen LogP contribution in [0.2, 0.25) is 0 Å². The van der Waals surface area contributed by atoms with Crippen LogP contribution in [0.4, 0.5) is 0 Å². The monoisotopic (exact) mass is 251 g/mol. The molecule has 3 N–H and O–H groups in total. The molecular formula is C15H25NO2. The number of aliphatic carboxylic acids is 1. The van der Waals surface area contributed by atoms with E-state index in [1.54, 1.807) is 0 Å². The number of carboxylic acid groups (broad SMARTS) is 1. The molecule has 3 nitrogen and oxygen atoms in total. The Morgan fingerprint density at radius 3 is 2.61 bits per heavy atom. The van der Waals surface area contributed by atoms with Gasteiger partial charge in [0.2, 0.25) is 0 Å². The fraction of sp³-hybridized carbons (Fsp3) is 0.800. The molecule has 0 saturated heterocycles. The smallest absolute Gasteiger partial charge is 0.307 e. The third-order valence-electron chi connectivity index (χ3n) is 4.93. The average Bonchev–Trinajstić information content (AvgIpc) is 2.49. The average molecular weight is 251 g/mol. The first-order valence-corrected chi connectivity index (χ1v) is 6.82. The SMILES string of the molecule is CC1=CC2C(C1)CC2(CN)C(C(=O)O)C(C)(C)C. The highest BCUT2D eigenvalue weighted by Gasteiger charge is 2.61. The Morgan fingerprint density at radius 1 is 1.61 bits per heavy atom. The molecule has 0 aromatic carbocycles. The lowest BCUT2D eigenvalue weighted by Gasteiger charge is -2.58. The van der Waals surface area contributed by atoms with Crippen molar-refractivity contribution in [3.63, 3.8) is 0 Å². The van der Waals surface area contributed by atoms with Crippen molar-refractivity contribution in [2.75, 3.05) is 6.54 Å². The molecule has 102 valence electrons. The van der Waals surface area contributed by atoms with E-state index in [2.05, 4.69) is 13.0 Å². The summed E-state index contributed by atoms with van der Waals surface area (Å²) in [4.78, 5) is 11.7. The van der Waals surface area contributed by atoms with Gasteiger partial charge in [-0.3, -0.25) is 4.79 Å². The standard InChI is InChI=1S/C15H25NO2/c1-9-5-10-7-15(8-16,11(10)6-9)12(13(17)18)14(2,3)4/h6,10-12H,5,7-8,16H2,1-4H3,(H,17,18). The zero-order valence-corrected chi connectivity index (χ0v) is 11.9. The number of fused-ring (bicyclic) bond motifs is 1. The summed E-state index contributed by atoms with van der Waals surface area (Å²) in [5.74, 6) is -0.0386. The molecule has 0 bridgehead atoms. The summed E-state index contributed by atoms with van der Waals surface area (Å²) in [5, 5.41) is 9.65. The Morgan fingerprint density at radius 2 is 2.22 bits per heavy atom. The third-order valence-corrected chi connectivity index (χ3v) is 4.93. The molecule has 18 heavy (non-hydrogen) atoms. The molecule has 2 aliphatic carbocycles. The van der Waals surface area contributed by atoms with Crippen LogP contribution in [0.15, 0.2) is 11.6 Å². The number of carbonyl (C=O) groups is 1. The van der Waals surface area contributed by atoms with Gasteiger partial charge in [0.25, 0.3) is 0 Å². The van der Waals surface area contributed by atoms with E-state index in [0.29, 0.717) is 18.4 Å². The van der Waals surface area contributed by atoms with Crippen molar-refractivity contribution in [1.29, 1.82) is 0 Å². The van der Waals surface area contributed by atoms with Crippen LogP contribution in [0.25, 0.3) is 0 Å². The molecule has 3 heteroatoms. The maximum atomic E-state index is 11.7. The Balaban J connectivity index is 2.36. The molecule has 2 aliphatic rings. The van der Waals surface area contributed by atoms with Gasteiger partial charge in [-0.1, -0.05) is 32.4 Å². The predicted octanol–water partition coefficient (Wildman–Crippen LogP) is 2.66. The molecule has 2 rings (SSSR count). The normalized spacial score (nSPS) is 36.6. The molecule has 0 aromatic rings. The highest BCUT2D eigenvalue weighted by Crippen LogP contribution is 2.63. The lowest BCUT2D eigenvalue weighted by atomic mass is 9.46. The van der Waals surface area contributed by atoms with E-state index in [1.165, 1.54) is 5.57 Å². The van der Waals surface area contributed by atoms with Crippen LogP contribution in [0, 0.1) is 28.6 Å². The summed E-state index contributed by atoms with van der Waals surface area (Å²) in [5.41, 5.74) is 6.94. The molecule has 0 radical (unpaired) electrons. The van der Waals surface area contributed by atoms with Gasteiger partial charge in [-0.15, -0.1) is 0 Å². The van der Waals surface area contributed by atoms with Gasteiger partial charge in [-0.2, -0.15) is 0 Å². The molecule has 0 spiro atoms. The fourth-order valence-corrected chi connectivity index (χ4v) is 4.48. The molecule has 1 saturated carbocycles. The lowest BCUT2D eigenvalue weighted by molar-refractivity contribution is -0.166. The third kappa shape index (κ3) is 1.80. The van der Waals surface area contributed by atoms with Crippen molar-refractivity contribution in [3.05, 3.63) is 11.6 Å². The number of allylic oxidation sites excluding steroid dienone is 2. The summed E-state index contributed by atoms with van der Waals surface area (Å²) >= 11 is 0. The van der Waals surface area contributed by atoms with Crippen molar-refractivity contribution in [2.24, 2.45) is 34.3 Å². The summed E-state index contributed by atoms with van der Waals surface area (Å²) in [7, 11) is 0. The summed E-state index contributed by atoms with van der Waals surface area (Å²) in [6, 6.07) is 0. The van der Waals surface area contributed by atoms with Crippen molar-refractivity contribution < 1.29 is 9.90 Å². The van der Waals surface area contributed by atoms with E-state index in [-0.39, 0.29) is 16.7 Å². The van der Waals surface area contributed by atoms with Gasteiger partial charge < -0.3 is 10.8 Å². The highest BCUT2D eigenvalue weighted by molar-refractivity contribution is 5.72. The molecule has 0 heterocycles. The quantitative estimate of drug-likeness (QED) is 0.758. The Hall–Kier alpha value is -0.830. The molecule has 0 amide bonds. The van der Waals surface area contributed by atoms with E-state index in [4.69, 9.17) is 5.73 Å². The minimum Gasteiger partial charge on any atom is -0.481 e. The van der Waals surface area contributed by atoms with Crippen LogP contribution in [-0.4, -0.2) is 17.6 Å². The number of hydrogen-bond acceptors (Lipinski definition) is 2. The topological polar surface area (TPSA) is 63.3 Å². The van der Waals surface area contributed by atoms with Crippen LogP contribution in [0.5, 0.6) is 0 Å². The van der Waals surface area contributed by atoms with Crippen molar-refractivity contribution in [1.82, 2.24) is 0 Å². The largest absolute Gasteiger partial charge is 0.481 e. The highest BCUT2D eigenvalue weighted by atomic mass is 16.4. The first kappa shape index (κ1) is 13.6. The Kier molecular flexibility index (Phi) is 3.09. The molecule has 0 aliphatic heterocycles. The minimum absolute atomic E-state index is 0.230. The summed E-state index contributed by atoms with van der Waals surface area (Å²) in [6.07, 6.45) is 4.38. The zero-order valence-electron chi connectivity index (χ0n) is 11.9. The first-order valence-electron chi connectivity index (χ1n) is 6.82. The minimum atomic E-state index is -0.690. The van der Waals surface area contributed by atoms with Crippen molar-refractivity contribution >= 4 is 5.97 Å². The summed E-state index contributed by atoms with van der Waals surface area (Å²) in [6.45, 7) is 8.67. The maximum absolute atomic E-state index is 11.7. The van der Waals surface area contributed by atoms with Crippen LogP contribution < -0.4 is 5.73 Å².